The molecule has 2 aromatic carbocycles. The Bertz CT molecular complexity index is 916. The molecule has 1 atom stereocenters. The van der Waals surface area contributed by atoms with E-state index in [9.17, 15) is 0 Å². The molecule has 0 aliphatic carbocycles. The molecule has 0 saturated heterocycles. The lowest BCUT2D eigenvalue weighted by Crippen LogP contribution is -2.43. The monoisotopic (exact) mass is 418 g/mol. The smallest absolute Gasteiger partial charge is 0.191 e. The summed E-state index contributed by atoms with van der Waals surface area (Å²) in [6, 6.07) is 19.6. The van der Waals surface area contributed by atoms with Gasteiger partial charge in [-0.25, -0.2) is 4.98 Å². The van der Waals surface area contributed by atoms with E-state index in [1.165, 1.54) is 16.7 Å². The molecule has 1 unspecified atom stereocenters. The van der Waals surface area contributed by atoms with Crippen molar-refractivity contribution >= 4 is 5.96 Å². The maximum Gasteiger partial charge on any atom is 0.191 e. The fraction of sp³-hybridized carbons (Fsp3) is 0.360. The summed E-state index contributed by atoms with van der Waals surface area (Å²) in [7, 11) is 1.82. The lowest BCUT2D eigenvalue weighted by molar-refractivity contribution is 0.219. The third kappa shape index (κ3) is 6.69. The number of hydrogen-bond acceptors (Lipinski definition) is 3. The largest absolute Gasteiger partial charge is 0.354 e. The van der Waals surface area contributed by atoms with E-state index in [1.54, 1.807) is 0 Å². The topological polar surface area (TPSA) is 57.5 Å². The lowest BCUT2D eigenvalue weighted by Gasteiger charge is -2.30. The van der Waals surface area contributed by atoms with Gasteiger partial charge in [-0.15, -0.1) is 0 Å². The Kier molecular flexibility index (Phi) is 8.67. The molecule has 164 valence electrons. The summed E-state index contributed by atoms with van der Waals surface area (Å²) < 4.78 is 2.07. The van der Waals surface area contributed by atoms with Gasteiger partial charge in [0, 0.05) is 39.1 Å². The maximum absolute atomic E-state index is 4.43. The van der Waals surface area contributed by atoms with E-state index in [0.29, 0.717) is 6.04 Å². The van der Waals surface area contributed by atoms with Crippen molar-refractivity contribution in [3.05, 3.63) is 90.0 Å². The van der Waals surface area contributed by atoms with Crippen LogP contribution in [0.3, 0.4) is 0 Å². The van der Waals surface area contributed by atoms with Crippen molar-refractivity contribution in [1.82, 2.24) is 25.1 Å². The minimum Gasteiger partial charge on any atom is -0.354 e. The second-order valence-corrected chi connectivity index (χ2v) is 7.51. The third-order valence-corrected chi connectivity index (χ3v) is 5.50. The van der Waals surface area contributed by atoms with Crippen LogP contribution in [0.2, 0.25) is 0 Å². The molecule has 0 aliphatic rings. The van der Waals surface area contributed by atoms with Crippen LogP contribution in [0.1, 0.15) is 36.6 Å². The first kappa shape index (κ1) is 22.6. The van der Waals surface area contributed by atoms with Crippen LogP contribution < -0.4 is 10.6 Å². The lowest BCUT2D eigenvalue weighted by atomic mass is 10.1. The zero-order valence-corrected chi connectivity index (χ0v) is 18.8. The average Bonchev–Trinajstić information content (AvgIpc) is 3.32. The number of rotatable bonds is 10. The van der Waals surface area contributed by atoms with Crippen molar-refractivity contribution in [2.24, 2.45) is 4.99 Å². The first-order chi connectivity index (χ1) is 15.2. The van der Waals surface area contributed by atoms with Gasteiger partial charge >= 0.3 is 0 Å². The molecule has 0 spiro atoms. The number of imidazole rings is 1. The van der Waals surface area contributed by atoms with Crippen molar-refractivity contribution in [1.29, 1.82) is 0 Å². The van der Waals surface area contributed by atoms with Crippen LogP contribution in [0.5, 0.6) is 0 Å². The summed E-state index contributed by atoms with van der Waals surface area (Å²) in [5.74, 6) is 0.813. The predicted octanol–water partition coefficient (Wildman–Crippen LogP) is 3.68. The highest BCUT2D eigenvalue weighted by Gasteiger charge is 2.18. The predicted molar refractivity (Wildman–Crippen MR) is 128 cm³/mol. The first-order valence-corrected chi connectivity index (χ1v) is 11.0. The van der Waals surface area contributed by atoms with Gasteiger partial charge in [0.25, 0.3) is 0 Å². The fourth-order valence-corrected chi connectivity index (χ4v) is 3.83. The minimum absolute atomic E-state index is 0.299. The summed E-state index contributed by atoms with van der Waals surface area (Å²) >= 11 is 0. The van der Waals surface area contributed by atoms with Crippen LogP contribution in [-0.4, -0.2) is 47.1 Å². The molecule has 6 nitrogen and oxygen atoms in total. The zero-order chi connectivity index (χ0) is 21.9. The van der Waals surface area contributed by atoms with E-state index in [2.05, 4.69) is 98.5 Å². The molecule has 1 aromatic heterocycles. The molecule has 0 saturated carbocycles. The molecule has 0 aliphatic heterocycles. The second-order valence-electron chi connectivity index (χ2n) is 7.51. The van der Waals surface area contributed by atoms with E-state index in [-0.39, 0.29) is 0 Å². The number of guanidine groups is 1. The maximum atomic E-state index is 4.43. The van der Waals surface area contributed by atoms with Crippen LogP contribution in [0.4, 0.5) is 0 Å². The highest BCUT2D eigenvalue weighted by molar-refractivity contribution is 5.79. The summed E-state index contributed by atoms with van der Waals surface area (Å²) in [6.45, 7) is 8.78. The van der Waals surface area contributed by atoms with Gasteiger partial charge in [0.15, 0.2) is 5.96 Å². The number of nitrogens with one attached hydrogen (secondary N) is 2. The highest BCUT2D eigenvalue weighted by Crippen LogP contribution is 2.19. The summed E-state index contributed by atoms with van der Waals surface area (Å²) in [4.78, 5) is 11.0. The molecule has 3 aromatic rings. The number of nitrogens with zero attached hydrogens (tertiary/aromatic N) is 4. The van der Waals surface area contributed by atoms with Gasteiger partial charge in [0.2, 0.25) is 0 Å². The Morgan fingerprint density at radius 2 is 1.81 bits per heavy atom. The van der Waals surface area contributed by atoms with Crippen LogP contribution in [0, 0.1) is 0 Å². The summed E-state index contributed by atoms with van der Waals surface area (Å²) in [6.07, 6.45) is 5.63. The molecule has 0 bridgehead atoms. The molecule has 0 fully saturated rings. The van der Waals surface area contributed by atoms with E-state index >= 15 is 0 Å². The Morgan fingerprint density at radius 1 is 1.03 bits per heavy atom. The van der Waals surface area contributed by atoms with Gasteiger partial charge in [-0.1, -0.05) is 68.4 Å². The molecule has 0 amide bonds. The zero-order valence-electron chi connectivity index (χ0n) is 18.8. The third-order valence-electron chi connectivity index (χ3n) is 5.50. The Hall–Kier alpha value is -3.12. The van der Waals surface area contributed by atoms with Gasteiger partial charge in [-0.2, -0.15) is 0 Å². The number of hydrogen-bond donors (Lipinski definition) is 2. The van der Waals surface area contributed by atoms with Crippen molar-refractivity contribution in [2.75, 3.05) is 26.7 Å². The summed E-state index contributed by atoms with van der Waals surface area (Å²) in [5, 5.41) is 6.98. The van der Waals surface area contributed by atoms with Gasteiger partial charge in [0.05, 0.1) is 12.4 Å². The van der Waals surface area contributed by atoms with Gasteiger partial charge < -0.3 is 15.2 Å². The SMILES string of the molecule is CCN(CC)C(CNC(=NC)NCc1cccc(Cn2ccnc2)c1)c1ccccc1. The second kappa shape index (κ2) is 11.9. The normalized spacial score (nSPS) is 12.7. The van der Waals surface area contributed by atoms with Crippen molar-refractivity contribution in [2.45, 2.75) is 33.0 Å². The molecule has 6 heteroatoms. The fourth-order valence-electron chi connectivity index (χ4n) is 3.83. The average molecular weight is 419 g/mol. The van der Waals surface area contributed by atoms with Crippen molar-refractivity contribution in [3.63, 3.8) is 0 Å². The van der Waals surface area contributed by atoms with Gasteiger partial charge in [0.1, 0.15) is 0 Å². The van der Waals surface area contributed by atoms with E-state index in [4.69, 9.17) is 0 Å². The molecular weight excluding hydrogens is 384 g/mol. The van der Waals surface area contributed by atoms with Gasteiger partial charge in [-0.3, -0.25) is 9.89 Å². The minimum atomic E-state index is 0.299. The van der Waals surface area contributed by atoms with Crippen LogP contribution in [0.15, 0.2) is 78.3 Å². The van der Waals surface area contributed by atoms with E-state index in [0.717, 1.165) is 38.7 Å². The standard InChI is InChI=1S/C25H34N6/c1-4-31(5-2)24(23-12-7-6-8-13-23)18-29-25(26-3)28-17-21-10-9-11-22(16-21)19-30-15-14-27-20-30/h6-16,20,24H,4-5,17-19H2,1-3H3,(H2,26,28,29). The number of aliphatic imine (C=N–C) groups is 1. The number of aromatic nitrogens is 2. The van der Waals surface area contributed by atoms with E-state index in [1.807, 2.05) is 25.8 Å². The van der Waals surface area contributed by atoms with Crippen molar-refractivity contribution < 1.29 is 0 Å². The number of likely N-dealkylation sites (N-methyl/N-ethyl adjacent to an activating group) is 1. The van der Waals surface area contributed by atoms with Crippen molar-refractivity contribution in [3.8, 4) is 0 Å². The van der Waals surface area contributed by atoms with Crippen LogP contribution >= 0.6 is 0 Å². The highest BCUT2D eigenvalue weighted by atomic mass is 15.2. The molecule has 2 N–H and O–H groups in total. The Balaban J connectivity index is 1.58. The van der Waals surface area contributed by atoms with E-state index < -0.39 is 0 Å². The Labute approximate surface area is 186 Å². The molecule has 1 heterocycles. The molecule has 0 radical (unpaired) electrons. The molecule has 3 rings (SSSR count). The number of benzene rings is 2. The Morgan fingerprint density at radius 3 is 2.48 bits per heavy atom. The molecule has 31 heavy (non-hydrogen) atoms. The summed E-state index contributed by atoms with van der Waals surface area (Å²) in [5.41, 5.74) is 3.80. The van der Waals surface area contributed by atoms with Gasteiger partial charge in [-0.05, 0) is 29.8 Å². The molecular formula is C25H34N6. The van der Waals surface area contributed by atoms with Crippen LogP contribution in [0.25, 0.3) is 0 Å². The van der Waals surface area contributed by atoms with Crippen LogP contribution in [-0.2, 0) is 13.1 Å². The quantitative estimate of drug-likeness (QED) is 0.390. The first-order valence-electron chi connectivity index (χ1n) is 11.0.